The summed E-state index contributed by atoms with van der Waals surface area (Å²) in [6, 6.07) is 16.3. The average Bonchev–Trinajstić information content (AvgIpc) is 2.67. The van der Waals surface area contributed by atoms with E-state index in [9.17, 15) is 0 Å². The van der Waals surface area contributed by atoms with Crippen LogP contribution in [0.4, 0.5) is 0 Å². The van der Waals surface area contributed by atoms with Gasteiger partial charge in [0.1, 0.15) is 0 Å². The standard InChI is InChI=1S/C57H88O12Si7/c1-54(2,3)46-39-43(40-47(41-46)55(4,5)6)42-35-37-53(38-36-42)75-66-73(51-31-17-18-32-51)61-57(45-23-9-10-24-45)70(48-25-11-12-26-48)58-56(44-21-7-8-22-44)59-71(63-73,49-27-13-14-28-49)64-74(67-75,52-33-19-20-34-52)65-72(60-56,50-29-15-16-30-50)68-76(57,62-70)69-75/h35-41,44-45,48-52H,7-34H2,1-6H3. The molecule has 2 aromatic carbocycles. The maximum absolute atomic E-state index is 8.99. The van der Waals surface area contributed by atoms with Crippen LogP contribution in [0.5, 0.6) is 0 Å². The molecule has 7 aliphatic heterocycles. The van der Waals surface area contributed by atoms with Gasteiger partial charge in [0.05, 0.1) is 0 Å². The number of benzene rings is 2. The van der Waals surface area contributed by atoms with E-state index in [0.29, 0.717) is 0 Å². The van der Waals surface area contributed by atoms with Crippen molar-refractivity contribution in [2.24, 2.45) is 11.8 Å². The summed E-state index contributed by atoms with van der Waals surface area (Å²) in [6.07, 6.45) is 28.8. The summed E-state index contributed by atoms with van der Waals surface area (Å²) < 4.78 is 104. The third kappa shape index (κ3) is 7.66. The van der Waals surface area contributed by atoms with Crippen molar-refractivity contribution in [3.63, 3.8) is 0 Å². The highest BCUT2D eigenvalue weighted by atomic mass is 28.6. The van der Waals surface area contributed by atoms with Crippen molar-refractivity contribution in [2.45, 2.75) is 271 Å². The fourth-order valence-electron chi connectivity index (χ4n) is 17.6. The molecular weight excluding hydrogens is 1070 g/mol. The molecule has 1 spiro atoms. The van der Waals surface area contributed by atoms with Gasteiger partial charge in [-0.2, -0.15) is 0 Å². The van der Waals surface area contributed by atoms with E-state index in [1.807, 2.05) is 0 Å². The zero-order valence-electron chi connectivity index (χ0n) is 46.8. The Labute approximate surface area is 461 Å². The molecular formula is C57H88O12Si7. The third-order valence-corrected chi connectivity index (χ3v) is 56.3. The van der Waals surface area contributed by atoms with E-state index >= 15 is 0 Å². The smallest absolute Gasteiger partial charge is 0.390 e. The Hall–Kier alpha value is -0.522. The van der Waals surface area contributed by atoms with Crippen molar-refractivity contribution in [1.29, 1.82) is 0 Å². The van der Waals surface area contributed by atoms with Gasteiger partial charge >= 0.3 is 61.4 Å². The minimum atomic E-state index is -4.37. The van der Waals surface area contributed by atoms with Crippen LogP contribution < -0.4 is 5.19 Å². The maximum Gasteiger partial charge on any atom is 0.515 e. The van der Waals surface area contributed by atoms with Crippen LogP contribution in [0.15, 0.2) is 42.5 Å². The van der Waals surface area contributed by atoms with Crippen molar-refractivity contribution >= 4 is 66.6 Å². The van der Waals surface area contributed by atoms with E-state index < -0.39 is 72.2 Å². The normalized spacial score (nSPS) is 43.8. The van der Waals surface area contributed by atoms with E-state index in [2.05, 4.69) is 84.0 Å². The molecule has 7 heterocycles. The third-order valence-electron chi connectivity index (χ3n) is 21.7. The first-order chi connectivity index (χ1) is 36.5. The Balaban J connectivity index is 1.04. The quantitative estimate of drug-likeness (QED) is 0.223. The van der Waals surface area contributed by atoms with Gasteiger partial charge in [-0.3, -0.25) is 0 Å². The number of fused-ring (bicyclic) bond motifs is 2. The summed E-state index contributed by atoms with van der Waals surface area (Å²) in [4.78, 5) is -1.02. The number of hydrogen-bond donors (Lipinski definition) is 0. The minimum absolute atomic E-state index is 0.000967. The summed E-state index contributed by atoms with van der Waals surface area (Å²) in [6.45, 7) is 13.9. The molecule has 7 saturated carbocycles. The van der Waals surface area contributed by atoms with Crippen LogP contribution in [0.1, 0.15) is 232 Å². The Morgan fingerprint density at radius 1 is 0.368 bits per heavy atom. The molecule has 8 bridgehead atoms. The van der Waals surface area contributed by atoms with Gasteiger partial charge in [-0.1, -0.05) is 174 Å². The highest BCUT2D eigenvalue weighted by Gasteiger charge is 3.00. The van der Waals surface area contributed by atoms with Crippen LogP contribution in [0, 0.1) is 11.8 Å². The predicted molar refractivity (Wildman–Crippen MR) is 303 cm³/mol. The van der Waals surface area contributed by atoms with Gasteiger partial charge in [0.2, 0.25) is 0 Å². The Bertz CT molecular complexity index is 2520. The molecule has 0 aromatic heterocycles. The van der Waals surface area contributed by atoms with Gasteiger partial charge in [0.25, 0.3) is 5.97 Å². The van der Waals surface area contributed by atoms with Crippen LogP contribution in [0.3, 0.4) is 0 Å². The summed E-state index contributed by atoms with van der Waals surface area (Å²) in [5, 5.41) is 0.895. The molecule has 7 aliphatic carbocycles. The van der Waals surface area contributed by atoms with Gasteiger partial charge in [0.15, 0.2) is 4.85 Å². The topological polar surface area (TPSA) is 111 Å². The van der Waals surface area contributed by atoms with Crippen molar-refractivity contribution in [3.8, 4) is 11.1 Å². The van der Waals surface area contributed by atoms with Crippen LogP contribution in [0.2, 0.25) is 27.7 Å². The monoisotopic (exact) mass is 1160 g/mol. The van der Waals surface area contributed by atoms with Crippen molar-refractivity contribution in [3.05, 3.63) is 53.6 Å². The van der Waals surface area contributed by atoms with E-state index in [1.165, 1.54) is 16.7 Å². The van der Waals surface area contributed by atoms with Crippen LogP contribution in [-0.2, 0) is 61.5 Å². The average molecular weight is 1160 g/mol. The van der Waals surface area contributed by atoms with Gasteiger partial charge in [-0.15, -0.1) is 0 Å². The zero-order valence-corrected chi connectivity index (χ0v) is 53.8. The lowest BCUT2D eigenvalue weighted by atomic mass is 9.79. The largest absolute Gasteiger partial charge is 0.515 e. The maximum atomic E-state index is 8.99. The van der Waals surface area contributed by atoms with Gasteiger partial charge in [-0.25, -0.2) is 0 Å². The number of hydrogen-bond acceptors (Lipinski definition) is 12. The van der Waals surface area contributed by atoms with E-state index in [-0.39, 0.29) is 50.4 Å². The highest BCUT2D eigenvalue weighted by Crippen LogP contribution is 2.73. The Kier molecular flexibility index (Phi) is 12.6. The summed E-state index contributed by atoms with van der Waals surface area (Å²) in [5.74, 6) is -1.52. The van der Waals surface area contributed by atoms with Crippen LogP contribution in [0.25, 0.3) is 11.1 Å². The fraction of sp³-hybridized carbons (Fsp3) is 0.789. The zero-order chi connectivity index (χ0) is 51.7. The molecule has 76 heavy (non-hydrogen) atoms. The first-order valence-corrected chi connectivity index (χ1v) is 43.7. The lowest BCUT2D eigenvalue weighted by Crippen LogP contribution is -3.00. The van der Waals surface area contributed by atoms with E-state index in [4.69, 9.17) is 50.6 Å². The second-order valence-corrected chi connectivity index (χ2v) is 50.9. The molecule has 9 atom stereocenters. The molecule has 416 valence electrons. The Morgan fingerprint density at radius 3 is 1.28 bits per heavy atom. The van der Waals surface area contributed by atoms with E-state index in [1.54, 1.807) is 0 Å². The van der Waals surface area contributed by atoms with Crippen molar-refractivity contribution in [2.75, 3.05) is 0 Å². The first kappa shape index (κ1) is 52.3. The number of rotatable bonds is 9. The van der Waals surface area contributed by atoms with Crippen LogP contribution in [-0.4, -0.2) is 72.2 Å². The molecule has 16 rings (SSSR count). The molecule has 12 nitrogen and oxygen atoms in total. The summed E-state index contributed by atoms with van der Waals surface area (Å²) >= 11 is 0. The minimum Gasteiger partial charge on any atom is -0.390 e. The molecule has 0 radical (unpaired) electrons. The molecule has 9 unspecified atom stereocenters. The van der Waals surface area contributed by atoms with Gasteiger partial charge in [0, 0.05) is 38.8 Å². The van der Waals surface area contributed by atoms with Crippen molar-refractivity contribution in [1.82, 2.24) is 0 Å². The molecule has 0 N–H and O–H groups in total. The van der Waals surface area contributed by atoms with Crippen LogP contribution >= 0.6 is 0 Å². The molecule has 7 saturated heterocycles. The Morgan fingerprint density at radius 2 is 0.776 bits per heavy atom. The highest BCUT2D eigenvalue weighted by molar-refractivity contribution is 7.10. The summed E-state index contributed by atoms with van der Waals surface area (Å²) in [7, 11) is -28.9. The second-order valence-electron chi connectivity index (χ2n) is 28.5. The van der Waals surface area contributed by atoms with E-state index in [0.717, 1.165) is 191 Å². The first-order valence-electron chi connectivity index (χ1n) is 31.2. The molecule has 14 fully saturated rings. The lowest BCUT2D eigenvalue weighted by Gasteiger charge is -2.72. The SMILES string of the molecule is CC(C)(C)c1cc(-c2ccc([Si]34O[Si]5(C6CCCC6)OC6(C7CCCC7)[Si]7(O3)O[Si]3(C8CCCC8)OC(C8CCCC8)(O[Si](C8CCCC8)(O5)O[Si](C5CCCC5)(O4)O3)O[Si]6(C3CCCC3)O7)cc2)cc(C(C)(C)C)c1. The summed E-state index contributed by atoms with van der Waals surface area (Å²) in [5.41, 5.74) is 5.06. The van der Waals surface area contributed by atoms with Gasteiger partial charge in [-0.05, 0) is 129 Å². The van der Waals surface area contributed by atoms with Gasteiger partial charge < -0.3 is 50.6 Å². The molecule has 2 aromatic rings. The molecule has 14 aliphatic rings. The van der Waals surface area contributed by atoms with Crippen molar-refractivity contribution < 1.29 is 50.6 Å². The second kappa shape index (κ2) is 18.2. The predicted octanol–water partition coefficient (Wildman–Crippen LogP) is 14.1. The molecule has 19 heteroatoms. The lowest BCUT2D eigenvalue weighted by molar-refractivity contribution is -0.344. The molecule has 0 amide bonds. The fourth-order valence-corrected chi connectivity index (χ4v) is 65.1.